The van der Waals surface area contributed by atoms with Crippen molar-refractivity contribution in [3.8, 4) is 0 Å². The first-order chi connectivity index (χ1) is 9.20. The van der Waals surface area contributed by atoms with Crippen LogP contribution in [0, 0.1) is 0 Å². The van der Waals surface area contributed by atoms with Gasteiger partial charge in [0.15, 0.2) is 0 Å². The predicted octanol–water partition coefficient (Wildman–Crippen LogP) is 1.36. The van der Waals surface area contributed by atoms with E-state index in [1.807, 2.05) is 18.3 Å². The number of nitrogens with zero attached hydrogens (tertiary/aromatic N) is 3. The van der Waals surface area contributed by atoms with Crippen LogP contribution in [0.25, 0.3) is 0 Å². The van der Waals surface area contributed by atoms with Gasteiger partial charge in [-0.3, -0.25) is 14.8 Å². The number of aliphatic hydroxyl groups excluding tert-OH is 1. The second kappa shape index (κ2) is 6.98. The third kappa shape index (κ3) is 4.00. The smallest absolute Gasteiger partial charge is 0.0543 e. The van der Waals surface area contributed by atoms with E-state index in [1.54, 1.807) is 0 Å². The van der Waals surface area contributed by atoms with Crippen LogP contribution in [0.4, 0.5) is 0 Å². The normalized spacial score (nSPS) is 22.0. The van der Waals surface area contributed by atoms with E-state index >= 15 is 0 Å². The zero-order valence-electron chi connectivity index (χ0n) is 12.0. The first-order valence-corrected chi connectivity index (χ1v) is 7.19. The zero-order chi connectivity index (χ0) is 13.7. The van der Waals surface area contributed by atoms with E-state index in [9.17, 15) is 5.11 Å². The summed E-state index contributed by atoms with van der Waals surface area (Å²) in [5, 5.41) is 9.24. The first-order valence-electron chi connectivity index (χ1n) is 7.19. The topological polar surface area (TPSA) is 39.6 Å². The molecule has 1 saturated heterocycles. The van der Waals surface area contributed by atoms with E-state index in [1.165, 1.54) is 0 Å². The van der Waals surface area contributed by atoms with Gasteiger partial charge in [-0.1, -0.05) is 6.07 Å². The lowest BCUT2D eigenvalue weighted by Gasteiger charge is -2.43. The average molecular weight is 263 g/mol. The molecule has 0 aliphatic carbocycles. The molecule has 2 rings (SSSR count). The van der Waals surface area contributed by atoms with Crippen LogP contribution < -0.4 is 0 Å². The number of piperazine rings is 1. The zero-order valence-corrected chi connectivity index (χ0v) is 12.0. The molecular formula is C15H25N3O. The van der Waals surface area contributed by atoms with Crippen LogP contribution in [0.5, 0.6) is 0 Å². The molecule has 4 nitrogen and oxygen atoms in total. The number of hydrogen-bond donors (Lipinski definition) is 1. The molecule has 0 spiro atoms. The van der Waals surface area contributed by atoms with Crippen LogP contribution in [0.3, 0.4) is 0 Å². The molecule has 106 valence electrons. The fourth-order valence-corrected chi connectivity index (χ4v) is 2.88. The Kier molecular flexibility index (Phi) is 5.31. The summed E-state index contributed by atoms with van der Waals surface area (Å²) in [6.07, 6.45) is 2.71. The van der Waals surface area contributed by atoms with Gasteiger partial charge in [0.05, 0.1) is 5.69 Å². The Hall–Kier alpha value is -0.970. The second-order valence-electron chi connectivity index (χ2n) is 5.55. The highest BCUT2D eigenvalue weighted by molar-refractivity contribution is 5.03. The van der Waals surface area contributed by atoms with Crippen LogP contribution in [-0.2, 0) is 6.54 Å². The standard InChI is InChI=1S/C15H25N3O/c1-13(2)18-9-8-17(12-15(18)6-10-19)11-14-5-3-4-7-16-14/h3-5,7,13,15,19H,6,8-12H2,1-2H3/t15-/m0/s1. The second-order valence-corrected chi connectivity index (χ2v) is 5.55. The quantitative estimate of drug-likeness (QED) is 0.871. The van der Waals surface area contributed by atoms with Crippen molar-refractivity contribution in [3.05, 3.63) is 30.1 Å². The number of hydrogen-bond acceptors (Lipinski definition) is 4. The highest BCUT2D eigenvalue weighted by Crippen LogP contribution is 2.17. The molecule has 1 aromatic rings. The molecule has 1 N–H and O–H groups in total. The highest BCUT2D eigenvalue weighted by Gasteiger charge is 2.28. The van der Waals surface area contributed by atoms with Gasteiger partial charge in [0, 0.05) is 51.1 Å². The third-order valence-corrected chi connectivity index (χ3v) is 3.85. The molecule has 0 saturated carbocycles. The Morgan fingerprint density at radius 2 is 2.21 bits per heavy atom. The van der Waals surface area contributed by atoms with Crippen molar-refractivity contribution in [1.82, 2.24) is 14.8 Å². The molecule has 1 atom stereocenters. The lowest BCUT2D eigenvalue weighted by atomic mass is 10.1. The minimum atomic E-state index is 0.269. The molecule has 0 unspecified atom stereocenters. The van der Waals surface area contributed by atoms with Crippen molar-refractivity contribution < 1.29 is 5.11 Å². The molecule has 1 aromatic heterocycles. The Balaban J connectivity index is 1.94. The number of pyridine rings is 1. The number of aromatic nitrogens is 1. The maximum absolute atomic E-state index is 9.24. The third-order valence-electron chi connectivity index (χ3n) is 3.85. The highest BCUT2D eigenvalue weighted by atomic mass is 16.3. The van der Waals surface area contributed by atoms with E-state index < -0.39 is 0 Å². The summed E-state index contributed by atoms with van der Waals surface area (Å²) in [6.45, 7) is 8.83. The van der Waals surface area contributed by atoms with Crippen molar-refractivity contribution in [2.45, 2.75) is 38.9 Å². The van der Waals surface area contributed by atoms with Crippen molar-refractivity contribution in [3.63, 3.8) is 0 Å². The average Bonchev–Trinajstić information content (AvgIpc) is 2.40. The Morgan fingerprint density at radius 1 is 1.37 bits per heavy atom. The Labute approximate surface area is 116 Å². The monoisotopic (exact) mass is 263 g/mol. The van der Waals surface area contributed by atoms with Gasteiger partial charge in [-0.25, -0.2) is 0 Å². The SMILES string of the molecule is CC(C)N1CCN(Cc2ccccn2)C[C@@H]1CCO. The summed E-state index contributed by atoms with van der Waals surface area (Å²) in [4.78, 5) is 9.34. The van der Waals surface area contributed by atoms with Crippen LogP contribution >= 0.6 is 0 Å². The summed E-state index contributed by atoms with van der Waals surface area (Å²) in [6, 6.07) is 7.08. The van der Waals surface area contributed by atoms with Crippen molar-refractivity contribution in [2.24, 2.45) is 0 Å². The van der Waals surface area contributed by atoms with Crippen LogP contribution in [0.1, 0.15) is 26.0 Å². The summed E-state index contributed by atoms with van der Waals surface area (Å²) in [7, 11) is 0. The summed E-state index contributed by atoms with van der Waals surface area (Å²) >= 11 is 0. The molecule has 19 heavy (non-hydrogen) atoms. The summed E-state index contributed by atoms with van der Waals surface area (Å²) in [5.74, 6) is 0. The molecule has 2 heterocycles. The van der Waals surface area contributed by atoms with Gasteiger partial charge >= 0.3 is 0 Å². The van der Waals surface area contributed by atoms with Gasteiger partial charge in [-0.2, -0.15) is 0 Å². The van der Waals surface area contributed by atoms with Crippen molar-refractivity contribution in [2.75, 3.05) is 26.2 Å². The number of aliphatic hydroxyl groups is 1. The largest absolute Gasteiger partial charge is 0.396 e. The van der Waals surface area contributed by atoms with Gasteiger partial charge < -0.3 is 5.11 Å². The van der Waals surface area contributed by atoms with E-state index in [0.717, 1.165) is 38.3 Å². The van der Waals surface area contributed by atoms with E-state index in [0.29, 0.717) is 12.1 Å². The van der Waals surface area contributed by atoms with Crippen LogP contribution in [-0.4, -0.2) is 58.2 Å². The van der Waals surface area contributed by atoms with E-state index in [4.69, 9.17) is 0 Å². The lowest BCUT2D eigenvalue weighted by molar-refractivity contribution is 0.0344. The van der Waals surface area contributed by atoms with E-state index in [2.05, 4.69) is 34.7 Å². The number of rotatable bonds is 5. The molecule has 1 aliphatic rings. The maximum atomic E-state index is 9.24. The fraction of sp³-hybridized carbons (Fsp3) is 0.667. The van der Waals surface area contributed by atoms with Gasteiger partial charge in [0.2, 0.25) is 0 Å². The molecule has 0 radical (unpaired) electrons. The predicted molar refractivity (Wildman–Crippen MR) is 76.8 cm³/mol. The molecule has 0 aromatic carbocycles. The summed E-state index contributed by atoms with van der Waals surface area (Å²) < 4.78 is 0. The fourth-order valence-electron chi connectivity index (χ4n) is 2.88. The van der Waals surface area contributed by atoms with Crippen LogP contribution in [0.15, 0.2) is 24.4 Å². The Bertz CT molecular complexity index is 369. The minimum absolute atomic E-state index is 0.269. The molecule has 1 aliphatic heterocycles. The Morgan fingerprint density at radius 3 is 2.84 bits per heavy atom. The molecule has 4 heteroatoms. The van der Waals surface area contributed by atoms with Gasteiger partial charge in [-0.15, -0.1) is 0 Å². The molecule has 0 amide bonds. The van der Waals surface area contributed by atoms with Crippen LogP contribution in [0.2, 0.25) is 0 Å². The summed E-state index contributed by atoms with van der Waals surface area (Å²) in [5.41, 5.74) is 1.13. The van der Waals surface area contributed by atoms with Gasteiger partial charge in [0.1, 0.15) is 0 Å². The van der Waals surface area contributed by atoms with Crippen molar-refractivity contribution >= 4 is 0 Å². The minimum Gasteiger partial charge on any atom is -0.396 e. The first kappa shape index (κ1) is 14.4. The van der Waals surface area contributed by atoms with Gasteiger partial charge in [-0.05, 0) is 32.4 Å². The molecular weight excluding hydrogens is 238 g/mol. The van der Waals surface area contributed by atoms with Crippen molar-refractivity contribution in [1.29, 1.82) is 0 Å². The molecule has 1 fully saturated rings. The maximum Gasteiger partial charge on any atom is 0.0543 e. The van der Waals surface area contributed by atoms with E-state index in [-0.39, 0.29) is 6.61 Å². The lowest BCUT2D eigenvalue weighted by Crippen LogP contribution is -2.55. The van der Waals surface area contributed by atoms with Gasteiger partial charge in [0.25, 0.3) is 0 Å². The molecule has 0 bridgehead atoms.